The highest BCUT2D eigenvalue weighted by atomic mass is 79.9. The third-order valence-corrected chi connectivity index (χ3v) is 3.67. The van der Waals surface area contributed by atoms with Gasteiger partial charge in [0.1, 0.15) is 6.04 Å². The maximum Gasteiger partial charge on any atom is 0.320 e. The van der Waals surface area contributed by atoms with Crippen LogP contribution < -0.4 is 0 Å². The first kappa shape index (κ1) is 12.6. The molecule has 1 atom stereocenters. The fourth-order valence-electron chi connectivity index (χ4n) is 2.33. The quantitative estimate of drug-likeness (QED) is 0.933. The smallest absolute Gasteiger partial charge is 0.320 e. The van der Waals surface area contributed by atoms with E-state index in [-0.39, 0.29) is 6.04 Å². The van der Waals surface area contributed by atoms with Gasteiger partial charge in [0.05, 0.1) is 0 Å². The fraction of sp³-hybridized carbons (Fsp3) is 0.462. The Morgan fingerprint density at radius 2 is 2.29 bits per heavy atom. The zero-order valence-corrected chi connectivity index (χ0v) is 11.2. The molecule has 0 aromatic heterocycles. The molecule has 1 heterocycles. The van der Waals surface area contributed by atoms with E-state index >= 15 is 0 Å². The standard InChI is InChI=1S/C13H16BrNO2/c14-11-5-3-4-10(8-11)9-15-7-2-1-6-12(15)13(16)17/h3-5,8,12H,1-2,6-7,9H2,(H,16,17). The lowest BCUT2D eigenvalue weighted by molar-refractivity contribution is -0.144. The lowest BCUT2D eigenvalue weighted by Gasteiger charge is -2.32. The molecular weight excluding hydrogens is 282 g/mol. The highest BCUT2D eigenvalue weighted by Crippen LogP contribution is 2.21. The number of rotatable bonds is 3. The van der Waals surface area contributed by atoms with Gasteiger partial charge in [0.15, 0.2) is 0 Å². The van der Waals surface area contributed by atoms with E-state index in [0.717, 1.165) is 42.4 Å². The Bertz CT molecular complexity index is 408. The monoisotopic (exact) mass is 297 g/mol. The molecule has 1 aliphatic heterocycles. The molecule has 1 N–H and O–H groups in total. The van der Waals surface area contributed by atoms with Crippen LogP contribution in [0.15, 0.2) is 28.7 Å². The van der Waals surface area contributed by atoms with Gasteiger partial charge in [0.25, 0.3) is 0 Å². The molecule has 1 aliphatic rings. The molecule has 1 fully saturated rings. The van der Waals surface area contributed by atoms with Gasteiger partial charge in [-0.05, 0) is 37.1 Å². The number of carbonyl (C=O) groups is 1. The van der Waals surface area contributed by atoms with E-state index in [1.54, 1.807) is 0 Å². The van der Waals surface area contributed by atoms with Crippen molar-refractivity contribution in [1.82, 2.24) is 4.90 Å². The Morgan fingerprint density at radius 3 is 3.00 bits per heavy atom. The van der Waals surface area contributed by atoms with Gasteiger partial charge in [-0.15, -0.1) is 0 Å². The summed E-state index contributed by atoms with van der Waals surface area (Å²) in [5, 5.41) is 9.19. The zero-order chi connectivity index (χ0) is 12.3. The Hall–Kier alpha value is -0.870. The van der Waals surface area contributed by atoms with Crippen molar-refractivity contribution in [3.8, 4) is 0 Å². The number of piperidine rings is 1. The average Bonchev–Trinajstić information content (AvgIpc) is 2.29. The van der Waals surface area contributed by atoms with Crippen molar-refractivity contribution in [3.05, 3.63) is 34.3 Å². The summed E-state index contributed by atoms with van der Waals surface area (Å²) in [5.74, 6) is -0.695. The Kier molecular flexibility index (Phi) is 4.18. The first-order valence-electron chi connectivity index (χ1n) is 5.88. The molecule has 3 nitrogen and oxygen atoms in total. The lowest BCUT2D eigenvalue weighted by Crippen LogP contribution is -2.43. The van der Waals surface area contributed by atoms with Crippen molar-refractivity contribution < 1.29 is 9.90 Å². The largest absolute Gasteiger partial charge is 0.480 e. The first-order chi connectivity index (χ1) is 8.16. The van der Waals surface area contributed by atoms with Gasteiger partial charge < -0.3 is 5.11 Å². The van der Waals surface area contributed by atoms with Crippen LogP contribution in [0.1, 0.15) is 24.8 Å². The molecule has 17 heavy (non-hydrogen) atoms. The summed E-state index contributed by atoms with van der Waals surface area (Å²) < 4.78 is 1.04. The van der Waals surface area contributed by atoms with Crippen molar-refractivity contribution >= 4 is 21.9 Å². The fourth-order valence-corrected chi connectivity index (χ4v) is 2.78. The van der Waals surface area contributed by atoms with E-state index in [9.17, 15) is 9.90 Å². The second kappa shape index (κ2) is 5.65. The topological polar surface area (TPSA) is 40.5 Å². The molecule has 0 radical (unpaired) electrons. The summed E-state index contributed by atoms with van der Waals surface area (Å²) >= 11 is 3.44. The molecule has 0 amide bonds. The molecule has 0 aliphatic carbocycles. The third-order valence-electron chi connectivity index (χ3n) is 3.17. The van der Waals surface area contributed by atoms with Crippen LogP contribution in [0.25, 0.3) is 0 Å². The van der Waals surface area contributed by atoms with Crippen molar-refractivity contribution in [1.29, 1.82) is 0 Å². The van der Waals surface area contributed by atoms with Gasteiger partial charge in [0, 0.05) is 11.0 Å². The van der Waals surface area contributed by atoms with Crippen LogP contribution in [0.3, 0.4) is 0 Å². The van der Waals surface area contributed by atoms with E-state index in [4.69, 9.17) is 0 Å². The molecule has 0 bridgehead atoms. The number of hydrogen-bond donors (Lipinski definition) is 1. The van der Waals surface area contributed by atoms with Crippen molar-refractivity contribution in [2.75, 3.05) is 6.54 Å². The summed E-state index contributed by atoms with van der Waals surface area (Å²) in [4.78, 5) is 13.2. The molecule has 1 saturated heterocycles. The molecule has 0 saturated carbocycles. The first-order valence-corrected chi connectivity index (χ1v) is 6.67. The van der Waals surface area contributed by atoms with Gasteiger partial charge in [-0.2, -0.15) is 0 Å². The van der Waals surface area contributed by atoms with Crippen LogP contribution in [0.2, 0.25) is 0 Å². The van der Waals surface area contributed by atoms with Gasteiger partial charge in [0.2, 0.25) is 0 Å². The van der Waals surface area contributed by atoms with Gasteiger partial charge in [-0.1, -0.05) is 34.5 Å². The number of aliphatic carboxylic acids is 1. The van der Waals surface area contributed by atoms with Crippen LogP contribution >= 0.6 is 15.9 Å². The predicted octanol–water partition coefficient (Wildman–Crippen LogP) is 2.89. The van der Waals surface area contributed by atoms with E-state index < -0.39 is 5.97 Å². The minimum Gasteiger partial charge on any atom is -0.480 e. The predicted molar refractivity (Wildman–Crippen MR) is 69.8 cm³/mol. The summed E-state index contributed by atoms with van der Waals surface area (Å²) in [6.07, 6.45) is 2.88. The Labute approximate surface area is 110 Å². The van der Waals surface area contributed by atoms with Crippen molar-refractivity contribution in [2.45, 2.75) is 31.8 Å². The molecule has 1 aromatic rings. The minimum absolute atomic E-state index is 0.317. The summed E-state index contributed by atoms with van der Waals surface area (Å²) in [6.45, 7) is 1.60. The van der Waals surface area contributed by atoms with Crippen LogP contribution in [0, 0.1) is 0 Å². The third kappa shape index (κ3) is 3.30. The number of halogens is 1. The van der Waals surface area contributed by atoms with E-state index in [2.05, 4.69) is 20.8 Å². The van der Waals surface area contributed by atoms with Gasteiger partial charge in [-0.3, -0.25) is 9.69 Å². The highest BCUT2D eigenvalue weighted by Gasteiger charge is 2.28. The Balaban J connectivity index is 2.08. The minimum atomic E-state index is -0.695. The highest BCUT2D eigenvalue weighted by molar-refractivity contribution is 9.10. The summed E-state index contributed by atoms with van der Waals surface area (Å²) in [7, 11) is 0. The summed E-state index contributed by atoms with van der Waals surface area (Å²) in [5.41, 5.74) is 1.16. The molecule has 2 rings (SSSR count). The molecule has 92 valence electrons. The second-order valence-electron chi connectivity index (χ2n) is 4.45. The number of hydrogen-bond acceptors (Lipinski definition) is 2. The zero-order valence-electron chi connectivity index (χ0n) is 9.60. The molecule has 1 unspecified atom stereocenters. The Morgan fingerprint density at radius 1 is 1.47 bits per heavy atom. The SMILES string of the molecule is O=C(O)C1CCCCN1Cc1cccc(Br)c1. The lowest BCUT2D eigenvalue weighted by atomic mass is 10.0. The van der Waals surface area contributed by atoms with E-state index in [1.807, 2.05) is 24.3 Å². The maximum atomic E-state index is 11.2. The number of likely N-dealkylation sites (tertiary alicyclic amines) is 1. The molecular formula is C13H16BrNO2. The molecule has 1 aromatic carbocycles. The second-order valence-corrected chi connectivity index (χ2v) is 5.37. The molecule has 4 heteroatoms. The van der Waals surface area contributed by atoms with Crippen LogP contribution in [-0.2, 0) is 11.3 Å². The van der Waals surface area contributed by atoms with Crippen LogP contribution in [-0.4, -0.2) is 28.6 Å². The summed E-state index contributed by atoms with van der Waals surface area (Å²) in [6, 6.07) is 7.74. The number of carboxylic acids is 1. The average molecular weight is 298 g/mol. The number of benzene rings is 1. The van der Waals surface area contributed by atoms with Gasteiger partial charge >= 0.3 is 5.97 Å². The molecule has 0 spiro atoms. The van der Waals surface area contributed by atoms with Crippen molar-refractivity contribution in [3.63, 3.8) is 0 Å². The van der Waals surface area contributed by atoms with Crippen molar-refractivity contribution in [2.24, 2.45) is 0 Å². The van der Waals surface area contributed by atoms with Gasteiger partial charge in [-0.25, -0.2) is 0 Å². The van der Waals surface area contributed by atoms with Crippen LogP contribution in [0.5, 0.6) is 0 Å². The number of nitrogens with zero attached hydrogens (tertiary/aromatic N) is 1. The number of carboxylic acid groups (broad SMARTS) is 1. The maximum absolute atomic E-state index is 11.2. The van der Waals surface area contributed by atoms with E-state index in [0.29, 0.717) is 0 Å². The van der Waals surface area contributed by atoms with Crippen LogP contribution in [0.4, 0.5) is 0 Å². The van der Waals surface area contributed by atoms with E-state index in [1.165, 1.54) is 0 Å². The normalized spacial score (nSPS) is 21.4.